The van der Waals surface area contributed by atoms with Crippen molar-refractivity contribution in [1.29, 1.82) is 0 Å². The summed E-state index contributed by atoms with van der Waals surface area (Å²) in [7, 11) is 0. The molecule has 2 aromatic rings. The third-order valence-electron chi connectivity index (χ3n) is 3.84. The molecule has 0 bridgehead atoms. The smallest absolute Gasteiger partial charge is 0.137 e. The van der Waals surface area contributed by atoms with Crippen molar-refractivity contribution in [2.45, 2.75) is 18.9 Å². The highest BCUT2D eigenvalue weighted by molar-refractivity contribution is 6.32. The first-order valence-corrected chi connectivity index (χ1v) is 8.65. The Morgan fingerprint density at radius 1 is 1.08 bits per heavy atom. The Labute approximate surface area is 147 Å². The zero-order valence-electron chi connectivity index (χ0n) is 13.5. The van der Waals surface area contributed by atoms with Crippen molar-refractivity contribution < 1.29 is 14.2 Å². The molecule has 24 heavy (non-hydrogen) atoms. The van der Waals surface area contributed by atoms with Gasteiger partial charge in [0.25, 0.3) is 0 Å². The molecule has 1 aliphatic heterocycles. The molecule has 1 atom stereocenters. The number of para-hydroxylation sites is 1. The van der Waals surface area contributed by atoms with Gasteiger partial charge in [-0.25, -0.2) is 0 Å². The lowest BCUT2D eigenvalue weighted by Crippen LogP contribution is -2.16. The van der Waals surface area contributed by atoms with Crippen molar-refractivity contribution >= 4 is 17.3 Å². The van der Waals surface area contributed by atoms with E-state index in [0.717, 1.165) is 30.9 Å². The summed E-state index contributed by atoms with van der Waals surface area (Å²) < 4.78 is 16.9. The summed E-state index contributed by atoms with van der Waals surface area (Å²) in [5, 5.41) is 3.94. The molecular weight excluding hydrogens is 326 g/mol. The molecule has 1 N–H and O–H groups in total. The van der Waals surface area contributed by atoms with Crippen LogP contribution >= 0.6 is 11.6 Å². The molecular formula is C19H22ClNO3. The van der Waals surface area contributed by atoms with Crippen LogP contribution in [0.3, 0.4) is 0 Å². The molecule has 1 saturated heterocycles. The normalized spacial score (nSPS) is 16.8. The van der Waals surface area contributed by atoms with Gasteiger partial charge in [-0.05, 0) is 49.2 Å². The fourth-order valence-electron chi connectivity index (χ4n) is 2.55. The molecule has 1 unspecified atom stereocenters. The Morgan fingerprint density at radius 3 is 2.67 bits per heavy atom. The highest BCUT2D eigenvalue weighted by Crippen LogP contribution is 2.23. The number of benzene rings is 2. The average Bonchev–Trinajstić information content (AvgIpc) is 3.13. The number of anilines is 1. The minimum Gasteiger partial charge on any atom is -0.491 e. The minimum absolute atomic E-state index is 0.241. The molecule has 2 aromatic carbocycles. The fraction of sp³-hybridized carbons (Fsp3) is 0.368. The molecule has 0 saturated carbocycles. The molecule has 1 fully saturated rings. The van der Waals surface area contributed by atoms with E-state index in [1.165, 1.54) is 0 Å². The van der Waals surface area contributed by atoms with Gasteiger partial charge in [0, 0.05) is 18.8 Å². The molecule has 0 radical (unpaired) electrons. The molecule has 3 rings (SSSR count). The molecule has 1 heterocycles. The van der Waals surface area contributed by atoms with Gasteiger partial charge >= 0.3 is 0 Å². The van der Waals surface area contributed by atoms with Crippen LogP contribution in [-0.4, -0.2) is 32.5 Å². The first-order valence-electron chi connectivity index (χ1n) is 8.27. The zero-order chi connectivity index (χ0) is 16.6. The summed E-state index contributed by atoms with van der Waals surface area (Å²) in [4.78, 5) is 0. The van der Waals surface area contributed by atoms with Crippen LogP contribution < -0.4 is 14.8 Å². The van der Waals surface area contributed by atoms with Crippen molar-refractivity contribution in [1.82, 2.24) is 0 Å². The molecule has 5 heteroatoms. The summed E-state index contributed by atoms with van der Waals surface area (Å²) in [6.07, 6.45) is 2.46. The fourth-order valence-corrected chi connectivity index (χ4v) is 2.74. The Morgan fingerprint density at radius 2 is 1.92 bits per heavy atom. The summed E-state index contributed by atoms with van der Waals surface area (Å²) in [6.45, 7) is 2.72. The van der Waals surface area contributed by atoms with Gasteiger partial charge in [-0.1, -0.05) is 23.7 Å². The van der Waals surface area contributed by atoms with E-state index in [4.69, 9.17) is 25.8 Å². The van der Waals surface area contributed by atoms with Crippen LogP contribution in [0.1, 0.15) is 12.8 Å². The third kappa shape index (κ3) is 5.05. The SMILES string of the molecule is Clc1ccccc1OCCNc1ccc(OCC2CCCO2)cc1. The highest BCUT2D eigenvalue weighted by atomic mass is 35.5. The van der Waals surface area contributed by atoms with Crippen molar-refractivity contribution in [3.8, 4) is 11.5 Å². The Bertz CT molecular complexity index is 627. The van der Waals surface area contributed by atoms with E-state index in [1.54, 1.807) is 0 Å². The first-order chi connectivity index (χ1) is 11.8. The van der Waals surface area contributed by atoms with E-state index in [1.807, 2.05) is 48.5 Å². The van der Waals surface area contributed by atoms with E-state index in [-0.39, 0.29) is 6.10 Å². The lowest BCUT2D eigenvalue weighted by molar-refractivity contribution is 0.0679. The monoisotopic (exact) mass is 347 g/mol. The summed E-state index contributed by atoms with van der Waals surface area (Å²) in [5.41, 5.74) is 1.03. The quantitative estimate of drug-likeness (QED) is 0.719. The second-order valence-electron chi connectivity index (χ2n) is 5.68. The van der Waals surface area contributed by atoms with Gasteiger partial charge in [0.15, 0.2) is 0 Å². The van der Waals surface area contributed by atoms with Gasteiger partial charge in [-0.3, -0.25) is 0 Å². The van der Waals surface area contributed by atoms with Gasteiger partial charge in [0.05, 0.1) is 11.1 Å². The second-order valence-corrected chi connectivity index (χ2v) is 6.08. The van der Waals surface area contributed by atoms with Crippen molar-refractivity contribution in [2.24, 2.45) is 0 Å². The van der Waals surface area contributed by atoms with Crippen LogP contribution in [0.4, 0.5) is 5.69 Å². The van der Waals surface area contributed by atoms with Crippen LogP contribution in [0.5, 0.6) is 11.5 Å². The van der Waals surface area contributed by atoms with E-state index in [0.29, 0.717) is 30.5 Å². The summed E-state index contributed by atoms with van der Waals surface area (Å²) in [6, 6.07) is 15.4. The predicted molar refractivity (Wildman–Crippen MR) is 96.3 cm³/mol. The molecule has 4 nitrogen and oxygen atoms in total. The molecule has 0 aromatic heterocycles. The number of hydrogen-bond acceptors (Lipinski definition) is 4. The maximum atomic E-state index is 6.05. The topological polar surface area (TPSA) is 39.7 Å². The lowest BCUT2D eigenvalue weighted by atomic mass is 10.2. The molecule has 1 aliphatic rings. The first kappa shape index (κ1) is 16.9. The predicted octanol–water partition coefficient (Wildman–Crippen LogP) is 4.39. The van der Waals surface area contributed by atoms with Crippen molar-refractivity contribution in [3.63, 3.8) is 0 Å². The van der Waals surface area contributed by atoms with E-state index in [9.17, 15) is 0 Å². The number of nitrogens with one attached hydrogen (secondary N) is 1. The maximum absolute atomic E-state index is 6.05. The van der Waals surface area contributed by atoms with Crippen molar-refractivity contribution in [3.05, 3.63) is 53.6 Å². The Hall–Kier alpha value is -1.91. The largest absolute Gasteiger partial charge is 0.491 e. The lowest BCUT2D eigenvalue weighted by Gasteiger charge is -2.12. The van der Waals surface area contributed by atoms with Crippen LogP contribution in [0.15, 0.2) is 48.5 Å². The summed E-state index contributed by atoms with van der Waals surface area (Å²) in [5.74, 6) is 1.57. The van der Waals surface area contributed by atoms with Gasteiger partial charge in [0.1, 0.15) is 24.7 Å². The highest BCUT2D eigenvalue weighted by Gasteiger charge is 2.15. The molecule has 0 amide bonds. The Balaban J connectivity index is 1.37. The van der Waals surface area contributed by atoms with Gasteiger partial charge in [0.2, 0.25) is 0 Å². The minimum atomic E-state index is 0.241. The van der Waals surface area contributed by atoms with Gasteiger partial charge < -0.3 is 19.5 Å². The second kappa shape index (κ2) is 8.81. The number of rotatable bonds is 8. The molecule has 0 aliphatic carbocycles. The maximum Gasteiger partial charge on any atom is 0.137 e. The number of hydrogen-bond donors (Lipinski definition) is 1. The van der Waals surface area contributed by atoms with Crippen LogP contribution in [0.25, 0.3) is 0 Å². The molecule has 128 valence electrons. The van der Waals surface area contributed by atoms with E-state index < -0.39 is 0 Å². The summed E-state index contributed by atoms with van der Waals surface area (Å²) >= 11 is 6.05. The van der Waals surface area contributed by atoms with Crippen LogP contribution in [-0.2, 0) is 4.74 Å². The number of ether oxygens (including phenoxy) is 3. The third-order valence-corrected chi connectivity index (χ3v) is 4.15. The van der Waals surface area contributed by atoms with E-state index >= 15 is 0 Å². The van der Waals surface area contributed by atoms with Gasteiger partial charge in [-0.15, -0.1) is 0 Å². The standard InChI is InChI=1S/C19H22ClNO3/c20-18-5-1-2-6-19(18)23-13-11-21-15-7-9-16(10-8-15)24-14-17-4-3-12-22-17/h1-2,5-10,17,21H,3-4,11-14H2. The number of halogens is 1. The Kier molecular flexibility index (Phi) is 6.21. The van der Waals surface area contributed by atoms with Crippen LogP contribution in [0, 0.1) is 0 Å². The van der Waals surface area contributed by atoms with Gasteiger partial charge in [-0.2, -0.15) is 0 Å². The average molecular weight is 348 g/mol. The van der Waals surface area contributed by atoms with Crippen molar-refractivity contribution in [2.75, 3.05) is 31.7 Å². The van der Waals surface area contributed by atoms with Crippen LogP contribution in [0.2, 0.25) is 5.02 Å². The zero-order valence-corrected chi connectivity index (χ0v) is 14.3. The van der Waals surface area contributed by atoms with E-state index in [2.05, 4.69) is 5.32 Å². The molecule has 0 spiro atoms.